The molecular weight excluding hydrogens is 280 g/mol. The lowest BCUT2D eigenvalue weighted by Gasteiger charge is -2.05. The van der Waals surface area contributed by atoms with Crippen LogP contribution in [-0.4, -0.2) is 15.5 Å². The molecule has 7 heteroatoms. The predicted octanol–water partition coefficient (Wildman–Crippen LogP) is 2.30. The Bertz CT molecular complexity index is 717. The minimum atomic E-state index is -0.228. The maximum Gasteiger partial charge on any atom is 0.237 e. The Balaban J connectivity index is 1.90. The summed E-state index contributed by atoms with van der Waals surface area (Å²) in [4.78, 5) is 0. The molecule has 0 saturated carbocycles. The second-order valence-electron chi connectivity index (χ2n) is 4.31. The van der Waals surface area contributed by atoms with Crippen molar-refractivity contribution in [3.8, 4) is 17.9 Å². The fraction of sp³-hybridized carbons (Fsp3) is 0.200. The molecule has 0 unspecified atom stereocenters. The van der Waals surface area contributed by atoms with Crippen LogP contribution in [-0.2, 0) is 13.2 Å². The standard InChI is InChI=1S/C15H14N6O/c1-2-21-10-12(9-18-21)11-22-15-5-3-13(4-6-15)19-20-14(7-16)8-17/h3-6,9-10,19H,2,11H2,1H3. The van der Waals surface area contributed by atoms with Crippen molar-refractivity contribution in [1.82, 2.24) is 9.78 Å². The van der Waals surface area contributed by atoms with Gasteiger partial charge in [0.2, 0.25) is 5.71 Å². The summed E-state index contributed by atoms with van der Waals surface area (Å²) < 4.78 is 7.49. The van der Waals surface area contributed by atoms with E-state index in [4.69, 9.17) is 15.3 Å². The Hall–Kier alpha value is -3.32. The van der Waals surface area contributed by atoms with E-state index in [1.165, 1.54) is 0 Å². The van der Waals surface area contributed by atoms with Crippen LogP contribution in [0.5, 0.6) is 5.75 Å². The third-order valence-electron chi connectivity index (χ3n) is 2.78. The van der Waals surface area contributed by atoms with Crippen molar-refractivity contribution in [1.29, 1.82) is 10.5 Å². The highest BCUT2D eigenvalue weighted by atomic mass is 16.5. The first-order valence-electron chi connectivity index (χ1n) is 6.63. The van der Waals surface area contributed by atoms with Gasteiger partial charge in [-0.1, -0.05) is 0 Å². The van der Waals surface area contributed by atoms with Gasteiger partial charge >= 0.3 is 0 Å². The normalized spacial score (nSPS) is 9.41. The van der Waals surface area contributed by atoms with E-state index in [1.54, 1.807) is 42.6 Å². The van der Waals surface area contributed by atoms with Gasteiger partial charge in [-0.15, -0.1) is 0 Å². The van der Waals surface area contributed by atoms with Crippen LogP contribution in [0, 0.1) is 22.7 Å². The summed E-state index contributed by atoms with van der Waals surface area (Å²) in [6.45, 7) is 3.29. The Morgan fingerprint density at radius 1 is 1.32 bits per heavy atom. The molecule has 7 nitrogen and oxygen atoms in total. The second kappa shape index (κ2) is 7.46. The number of ether oxygens (including phenoxy) is 1. The molecule has 0 aliphatic heterocycles. The summed E-state index contributed by atoms with van der Waals surface area (Å²) in [5, 5.41) is 25.0. The molecule has 1 heterocycles. The Morgan fingerprint density at radius 3 is 2.64 bits per heavy atom. The number of aromatic nitrogens is 2. The fourth-order valence-electron chi connectivity index (χ4n) is 1.64. The highest BCUT2D eigenvalue weighted by Gasteiger charge is 2.00. The van der Waals surface area contributed by atoms with Gasteiger partial charge in [-0.25, -0.2) is 0 Å². The zero-order valence-electron chi connectivity index (χ0n) is 12.0. The lowest BCUT2D eigenvalue weighted by Crippen LogP contribution is -1.97. The van der Waals surface area contributed by atoms with E-state index < -0.39 is 0 Å². The smallest absolute Gasteiger partial charge is 0.237 e. The van der Waals surface area contributed by atoms with Crippen molar-refractivity contribution in [2.45, 2.75) is 20.1 Å². The molecule has 2 aromatic rings. The molecule has 2 rings (SSSR count). The van der Waals surface area contributed by atoms with Crippen LogP contribution < -0.4 is 10.2 Å². The van der Waals surface area contributed by atoms with Gasteiger partial charge in [-0.05, 0) is 31.2 Å². The highest BCUT2D eigenvalue weighted by molar-refractivity contribution is 6.10. The van der Waals surface area contributed by atoms with Crippen molar-refractivity contribution in [3.63, 3.8) is 0 Å². The SMILES string of the molecule is CCn1cc(COc2ccc(NN=C(C#N)C#N)cc2)cn1. The van der Waals surface area contributed by atoms with E-state index in [9.17, 15) is 0 Å². The van der Waals surface area contributed by atoms with Crippen molar-refractivity contribution in [2.24, 2.45) is 5.10 Å². The number of nitrogens with zero attached hydrogens (tertiary/aromatic N) is 5. The van der Waals surface area contributed by atoms with E-state index in [0.717, 1.165) is 12.1 Å². The summed E-state index contributed by atoms with van der Waals surface area (Å²) in [5.74, 6) is 0.708. The van der Waals surface area contributed by atoms with Crippen LogP contribution in [0.2, 0.25) is 0 Å². The Kier molecular flexibility index (Phi) is 5.11. The second-order valence-corrected chi connectivity index (χ2v) is 4.31. The number of benzene rings is 1. The molecular formula is C15H14N6O. The number of aryl methyl sites for hydroxylation is 1. The van der Waals surface area contributed by atoms with Crippen LogP contribution in [0.15, 0.2) is 41.8 Å². The maximum absolute atomic E-state index is 8.58. The van der Waals surface area contributed by atoms with E-state index in [0.29, 0.717) is 18.0 Å². The van der Waals surface area contributed by atoms with E-state index in [1.807, 2.05) is 17.8 Å². The minimum absolute atomic E-state index is 0.228. The molecule has 0 amide bonds. The first kappa shape index (κ1) is 15.1. The van der Waals surface area contributed by atoms with Crippen molar-refractivity contribution >= 4 is 11.4 Å². The predicted molar refractivity (Wildman–Crippen MR) is 81.0 cm³/mol. The molecule has 0 saturated heterocycles. The Morgan fingerprint density at radius 2 is 2.05 bits per heavy atom. The molecule has 110 valence electrons. The first-order valence-corrected chi connectivity index (χ1v) is 6.63. The van der Waals surface area contributed by atoms with Crippen LogP contribution in [0.25, 0.3) is 0 Å². The van der Waals surface area contributed by atoms with Gasteiger partial charge in [0.15, 0.2) is 0 Å². The van der Waals surface area contributed by atoms with Gasteiger partial charge < -0.3 is 4.74 Å². The van der Waals surface area contributed by atoms with Crippen LogP contribution >= 0.6 is 0 Å². The van der Waals surface area contributed by atoms with Gasteiger partial charge in [0.05, 0.1) is 11.9 Å². The minimum Gasteiger partial charge on any atom is -0.489 e. The van der Waals surface area contributed by atoms with Gasteiger partial charge in [-0.2, -0.15) is 20.7 Å². The lowest BCUT2D eigenvalue weighted by atomic mass is 10.3. The average Bonchev–Trinajstić information content (AvgIpc) is 3.03. The van der Waals surface area contributed by atoms with Crippen LogP contribution in [0.3, 0.4) is 0 Å². The number of rotatable bonds is 6. The molecule has 0 aliphatic rings. The molecule has 1 aromatic carbocycles. The zero-order valence-corrected chi connectivity index (χ0v) is 12.0. The van der Waals surface area contributed by atoms with Gasteiger partial charge in [-0.3, -0.25) is 10.1 Å². The molecule has 0 bridgehead atoms. The average molecular weight is 294 g/mol. The summed E-state index contributed by atoms with van der Waals surface area (Å²) in [7, 11) is 0. The molecule has 0 fully saturated rings. The van der Waals surface area contributed by atoms with E-state index in [-0.39, 0.29) is 5.71 Å². The molecule has 22 heavy (non-hydrogen) atoms. The highest BCUT2D eigenvalue weighted by Crippen LogP contribution is 2.17. The molecule has 0 radical (unpaired) electrons. The molecule has 0 spiro atoms. The Labute approximate surface area is 128 Å². The number of nitrogens with one attached hydrogen (secondary N) is 1. The van der Waals surface area contributed by atoms with E-state index >= 15 is 0 Å². The number of anilines is 1. The zero-order chi connectivity index (χ0) is 15.8. The topological polar surface area (TPSA) is 99.0 Å². The molecule has 1 N–H and O–H groups in total. The summed E-state index contributed by atoms with van der Waals surface area (Å²) in [5.41, 5.74) is 4.07. The summed E-state index contributed by atoms with van der Waals surface area (Å²) in [6, 6.07) is 10.4. The monoisotopic (exact) mass is 294 g/mol. The number of nitriles is 2. The molecule has 0 atom stereocenters. The number of hydrazone groups is 1. The lowest BCUT2D eigenvalue weighted by molar-refractivity contribution is 0.306. The van der Waals surface area contributed by atoms with Crippen LogP contribution in [0.4, 0.5) is 5.69 Å². The van der Waals surface area contributed by atoms with Crippen LogP contribution in [0.1, 0.15) is 12.5 Å². The first-order chi connectivity index (χ1) is 10.7. The summed E-state index contributed by atoms with van der Waals surface area (Å²) >= 11 is 0. The van der Waals surface area contributed by atoms with Gasteiger partial charge in [0.1, 0.15) is 24.5 Å². The fourth-order valence-corrected chi connectivity index (χ4v) is 1.64. The van der Waals surface area contributed by atoms with Gasteiger partial charge in [0, 0.05) is 18.3 Å². The molecule has 1 aromatic heterocycles. The third-order valence-corrected chi connectivity index (χ3v) is 2.78. The quantitative estimate of drug-likeness (QED) is 0.651. The number of hydrogen-bond acceptors (Lipinski definition) is 6. The maximum atomic E-state index is 8.58. The van der Waals surface area contributed by atoms with Crippen molar-refractivity contribution < 1.29 is 4.74 Å². The third kappa shape index (κ3) is 4.09. The van der Waals surface area contributed by atoms with Crippen molar-refractivity contribution in [2.75, 3.05) is 5.43 Å². The molecule has 0 aliphatic carbocycles. The van der Waals surface area contributed by atoms with Crippen molar-refractivity contribution in [3.05, 3.63) is 42.2 Å². The number of hydrogen-bond donors (Lipinski definition) is 1. The summed E-state index contributed by atoms with van der Waals surface area (Å²) in [6.07, 6.45) is 3.72. The largest absolute Gasteiger partial charge is 0.489 e. The van der Waals surface area contributed by atoms with E-state index in [2.05, 4.69) is 15.6 Å². The van der Waals surface area contributed by atoms with Gasteiger partial charge in [0.25, 0.3) is 0 Å².